The van der Waals surface area contributed by atoms with Crippen molar-refractivity contribution in [2.75, 3.05) is 24.2 Å². The zero-order valence-corrected chi connectivity index (χ0v) is 12.5. The lowest BCUT2D eigenvalue weighted by Crippen LogP contribution is -2.21. The molecule has 0 radical (unpaired) electrons. The molecule has 21 heavy (non-hydrogen) atoms. The molecule has 1 saturated heterocycles. The summed E-state index contributed by atoms with van der Waals surface area (Å²) in [6.45, 7) is 2.86. The number of nitrogens with zero attached hydrogens (tertiary/aromatic N) is 2. The van der Waals surface area contributed by atoms with E-state index in [4.69, 9.17) is 9.41 Å². The van der Waals surface area contributed by atoms with Crippen molar-refractivity contribution in [3.05, 3.63) is 54.0 Å². The first kappa shape index (κ1) is 12.8. The summed E-state index contributed by atoms with van der Waals surface area (Å²) in [5.41, 5.74) is 2.39. The minimum absolute atomic E-state index is 0.276. The van der Waals surface area contributed by atoms with Gasteiger partial charge >= 0.3 is 0 Å². The lowest BCUT2D eigenvalue weighted by Gasteiger charge is -2.14. The van der Waals surface area contributed by atoms with Gasteiger partial charge in [-0.1, -0.05) is 23.9 Å². The van der Waals surface area contributed by atoms with Crippen molar-refractivity contribution in [3.63, 3.8) is 0 Å². The van der Waals surface area contributed by atoms with Gasteiger partial charge in [-0.15, -0.1) is 0 Å². The molecule has 0 amide bonds. The maximum Gasteiger partial charge on any atom is 0.160 e. The average Bonchev–Trinajstić information content (AvgIpc) is 3.22. The smallest absolute Gasteiger partial charge is 0.160 e. The molecule has 4 rings (SSSR count). The fourth-order valence-electron chi connectivity index (χ4n) is 2.74. The summed E-state index contributed by atoms with van der Waals surface area (Å²) >= 11 is 1.87. The van der Waals surface area contributed by atoms with Crippen LogP contribution in [0.2, 0.25) is 0 Å². The van der Waals surface area contributed by atoms with E-state index in [2.05, 4.69) is 34.5 Å². The van der Waals surface area contributed by atoms with E-state index in [9.17, 15) is 0 Å². The van der Waals surface area contributed by atoms with Gasteiger partial charge in [-0.3, -0.25) is 4.99 Å². The number of furan rings is 1. The van der Waals surface area contributed by atoms with Gasteiger partial charge in [0, 0.05) is 24.5 Å². The summed E-state index contributed by atoms with van der Waals surface area (Å²) in [6, 6.07) is 12.7. The van der Waals surface area contributed by atoms with Crippen molar-refractivity contribution in [2.24, 2.45) is 4.99 Å². The molecule has 4 nitrogen and oxygen atoms in total. The summed E-state index contributed by atoms with van der Waals surface area (Å²) < 4.78 is 5.34. The second-order valence-corrected chi connectivity index (χ2v) is 6.34. The molecular weight excluding hydrogens is 282 g/mol. The molecule has 5 heteroatoms. The summed E-state index contributed by atoms with van der Waals surface area (Å²) in [6.07, 6.45) is 1.70. The molecule has 3 heterocycles. The van der Waals surface area contributed by atoms with Crippen LogP contribution in [0.25, 0.3) is 0 Å². The highest BCUT2D eigenvalue weighted by Gasteiger charge is 2.30. The fourth-order valence-corrected chi connectivity index (χ4v) is 3.79. The number of aliphatic imine (C=N–C) groups is 1. The quantitative estimate of drug-likeness (QED) is 0.940. The molecule has 1 atom stereocenters. The van der Waals surface area contributed by atoms with E-state index in [0.717, 1.165) is 24.5 Å². The minimum Gasteiger partial charge on any atom is -0.467 e. The molecule has 2 aliphatic heterocycles. The molecule has 2 aliphatic rings. The van der Waals surface area contributed by atoms with E-state index in [1.165, 1.54) is 16.5 Å². The van der Waals surface area contributed by atoms with Crippen molar-refractivity contribution in [1.29, 1.82) is 0 Å². The minimum atomic E-state index is 0.276. The van der Waals surface area contributed by atoms with Crippen LogP contribution in [-0.4, -0.2) is 28.9 Å². The molecule has 1 N–H and O–H groups in total. The predicted molar refractivity (Wildman–Crippen MR) is 86.7 cm³/mol. The Morgan fingerprint density at radius 3 is 3.19 bits per heavy atom. The van der Waals surface area contributed by atoms with Gasteiger partial charge in [0.05, 0.1) is 18.8 Å². The van der Waals surface area contributed by atoms with E-state index in [0.29, 0.717) is 6.54 Å². The van der Waals surface area contributed by atoms with Crippen molar-refractivity contribution in [2.45, 2.75) is 12.6 Å². The Morgan fingerprint density at radius 1 is 1.33 bits per heavy atom. The van der Waals surface area contributed by atoms with Crippen LogP contribution in [0.4, 0.5) is 5.69 Å². The highest BCUT2D eigenvalue weighted by molar-refractivity contribution is 8.14. The molecule has 108 valence electrons. The standard InChI is InChI=1S/C16H17N3OS/c1-3-12(15-11-19-6-8-21-16(19)18-15)9-13(4-1)17-10-14-5-2-7-20-14/h1-5,7,9,15,17H,6,8,10-11H2. The maximum atomic E-state index is 5.34. The number of benzene rings is 1. The van der Waals surface area contributed by atoms with Gasteiger partial charge in [0.1, 0.15) is 5.76 Å². The maximum absolute atomic E-state index is 5.34. The van der Waals surface area contributed by atoms with E-state index in [1.807, 2.05) is 23.9 Å². The van der Waals surface area contributed by atoms with Crippen LogP contribution in [0.3, 0.4) is 0 Å². The molecule has 0 aliphatic carbocycles. The monoisotopic (exact) mass is 299 g/mol. The molecule has 1 aromatic carbocycles. The SMILES string of the molecule is c1cc(NCc2ccco2)cc(C2CN3CCSC3=N2)c1. The van der Waals surface area contributed by atoms with Crippen LogP contribution >= 0.6 is 11.8 Å². The number of thioether (sulfide) groups is 1. The van der Waals surface area contributed by atoms with Gasteiger partial charge in [-0.2, -0.15) is 0 Å². The van der Waals surface area contributed by atoms with E-state index in [-0.39, 0.29) is 6.04 Å². The molecule has 0 saturated carbocycles. The Hall–Kier alpha value is -1.88. The van der Waals surface area contributed by atoms with Gasteiger partial charge in [-0.25, -0.2) is 0 Å². The fraction of sp³-hybridized carbons (Fsp3) is 0.312. The normalized spacial score (nSPS) is 20.5. The van der Waals surface area contributed by atoms with Gasteiger partial charge < -0.3 is 14.6 Å². The number of hydrogen-bond acceptors (Lipinski definition) is 5. The number of anilines is 1. The second kappa shape index (κ2) is 5.48. The number of amidine groups is 1. The molecule has 1 unspecified atom stereocenters. The number of rotatable bonds is 4. The van der Waals surface area contributed by atoms with Crippen molar-refractivity contribution < 1.29 is 4.42 Å². The number of fused-ring (bicyclic) bond motifs is 1. The summed E-state index contributed by atoms with van der Waals surface area (Å²) in [5.74, 6) is 2.12. The van der Waals surface area contributed by atoms with Crippen LogP contribution in [0.5, 0.6) is 0 Å². The molecule has 1 fully saturated rings. The van der Waals surface area contributed by atoms with Gasteiger partial charge in [0.2, 0.25) is 0 Å². The van der Waals surface area contributed by atoms with E-state index in [1.54, 1.807) is 6.26 Å². The first-order chi connectivity index (χ1) is 10.4. The zero-order chi connectivity index (χ0) is 14.1. The third kappa shape index (κ3) is 2.65. The van der Waals surface area contributed by atoms with Crippen molar-refractivity contribution in [3.8, 4) is 0 Å². The highest BCUT2D eigenvalue weighted by atomic mass is 32.2. The Bertz CT molecular complexity index is 653. The molecule has 1 aromatic heterocycles. The van der Waals surface area contributed by atoms with E-state index >= 15 is 0 Å². The van der Waals surface area contributed by atoms with Crippen molar-refractivity contribution in [1.82, 2.24) is 4.90 Å². The summed E-state index contributed by atoms with van der Waals surface area (Å²) in [4.78, 5) is 7.22. The second-order valence-electron chi connectivity index (χ2n) is 5.28. The zero-order valence-electron chi connectivity index (χ0n) is 11.7. The average molecular weight is 299 g/mol. The molecule has 2 aromatic rings. The van der Waals surface area contributed by atoms with Crippen LogP contribution in [0.15, 0.2) is 52.1 Å². The summed E-state index contributed by atoms with van der Waals surface area (Å²) in [7, 11) is 0. The lowest BCUT2D eigenvalue weighted by atomic mass is 10.1. The third-order valence-corrected chi connectivity index (χ3v) is 4.85. The third-order valence-electron chi connectivity index (χ3n) is 3.84. The van der Waals surface area contributed by atoms with E-state index < -0.39 is 0 Å². The Labute approximate surface area is 128 Å². The van der Waals surface area contributed by atoms with Crippen LogP contribution in [-0.2, 0) is 6.54 Å². The van der Waals surface area contributed by atoms with Gasteiger partial charge in [0.25, 0.3) is 0 Å². The van der Waals surface area contributed by atoms with Crippen molar-refractivity contribution >= 4 is 22.6 Å². The van der Waals surface area contributed by atoms with Crippen LogP contribution < -0.4 is 5.32 Å². The molecule has 0 bridgehead atoms. The first-order valence-electron chi connectivity index (χ1n) is 7.20. The molecular formula is C16H17N3OS. The Morgan fingerprint density at radius 2 is 2.33 bits per heavy atom. The first-order valence-corrected chi connectivity index (χ1v) is 8.19. The van der Waals surface area contributed by atoms with Gasteiger partial charge in [0.15, 0.2) is 5.17 Å². The van der Waals surface area contributed by atoms with Gasteiger partial charge in [-0.05, 0) is 29.8 Å². The largest absolute Gasteiger partial charge is 0.467 e. The summed E-state index contributed by atoms with van der Waals surface area (Å²) in [5, 5.41) is 4.62. The topological polar surface area (TPSA) is 40.8 Å². The number of nitrogens with one attached hydrogen (secondary N) is 1. The Balaban J connectivity index is 1.47. The van der Waals surface area contributed by atoms with Crippen LogP contribution in [0.1, 0.15) is 17.4 Å². The predicted octanol–water partition coefficient (Wildman–Crippen LogP) is 3.35. The highest BCUT2D eigenvalue weighted by Crippen LogP contribution is 2.33. The molecule has 0 spiro atoms. The lowest BCUT2D eigenvalue weighted by molar-refractivity contribution is 0.464. The Kier molecular flexibility index (Phi) is 3.35. The number of hydrogen-bond donors (Lipinski definition) is 1. The van der Waals surface area contributed by atoms with Crippen LogP contribution in [0, 0.1) is 0 Å².